The SMILES string of the molecule is CC(C)[C@@H](CC(=O)c1cc(=O)[nH]c(N2CCCC2)n1)c1ccc(C(F)(F)F)cc1. The Hall–Kier alpha value is -2.64. The number of anilines is 1. The van der Waals surface area contributed by atoms with Gasteiger partial charge in [0.1, 0.15) is 5.69 Å². The van der Waals surface area contributed by atoms with Crippen LogP contribution in [0.4, 0.5) is 19.1 Å². The van der Waals surface area contributed by atoms with E-state index in [9.17, 15) is 22.8 Å². The Morgan fingerprint density at radius 2 is 1.79 bits per heavy atom. The second-order valence-electron chi connectivity index (χ2n) is 7.75. The summed E-state index contributed by atoms with van der Waals surface area (Å²) in [5.74, 6) is -0.152. The largest absolute Gasteiger partial charge is 0.416 e. The molecule has 5 nitrogen and oxygen atoms in total. The normalized spacial score (nSPS) is 15.7. The van der Waals surface area contributed by atoms with Crippen molar-refractivity contribution in [3.05, 3.63) is 57.5 Å². The molecule has 3 rings (SSSR count). The Bertz CT molecular complexity index is 914. The molecule has 1 aliphatic rings. The summed E-state index contributed by atoms with van der Waals surface area (Å²) in [6.07, 6.45) is -2.32. The van der Waals surface area contributed by atoms with Crippen LogP contribution in [-0.4, -0.2) is 28.8 Å². The number of rotatable bonds is 6. The zero-order valence-corrected chi connectivity index (χ0v) is 16.4. The number of aromatic amines is 1. The molecule has 156 valence electrons. The van der Waals surface area contributed by atoms with Crippen molar-refractivity contribution in [1.82, 2.24) is 9.97 Å². The highest BCUT2D eigenvalue weighted by Crippen LogP contribution is 2.33. The first-order chi connectivity index (χ1) is 13.6. The number of hydrogen-bond donors (Lipinski definition) is 1. The van der Waals surface area contributed by atoms with Gasteiger partial charge in [0, 0.05) is 25.6 Å². The number of hydrogen-bond acceptors (Lipinski definition) is 4. The summed E-state index contributed by atoms with van der Waals surface area (Å²) in [5.41, 5.74) is -0.360. The molecule has 1 aromatic carbocycles. The van der Waals surface area contributed by atoms with Gasteiger partial charge in [0.05, 0.1) is 5.56 Å². The van der Waals surface area contributed by atoms with Crippen LogP contribution in [0.25, 0.3) is 0 Å². The number of halogens is 3. The van der Waals surface area contributed by atoms with E-state index in [0.717, 1.165) is 38.1 Å². The Labute approximate surface area is 167 Å². The quantitative estimate of drug-likeness (QED) is 0.721. The summed E-state index contributed by atoms with van der Waals surface area (Å²) >= 11 is 0. The van der Waals surface area contributed by atoms with E-state index in [0.29, 0.717) is 11.5 Å². The molecule has 0 spiro atoms. The van der Waals surface area contributed by atoms with Gasteiger partial charge in [-0.25, -0.2) is 4.98 Å². The lowest BCUT2D eigenvalue weighted by atomic mass is 9.83. The number of nitrogens with one attached hydrogen (secondary N) is 1. The topological polar surface area (TPSA) is 66.1 Å². The van der Waals surface area contributed by atoms with Crippen LogP contribution in [0.5, 0.6) is 0 Å². The molecule has 8 heteroatoms. The number of Topliss-reactive ketones (excluding diaryl/α,β-unsaturated/α-hetero) is 1. The molecule has 29 heavy (non-hydrogen) atoms. The first-order valence-corrected chi connectivity index (χ1v) is 9.72. The van der Waals surface area contributed by atoms with Crippen molar-refractivity contribution in [3.63, 3.8) is 0 Å². The molecule has 1 fully saturated rings. The lowest BCUT2D eigenvalue weighted by Gasteiger charge is -2.21. The Balaban J connectivity index is 1.82. The molecular formula is C21H24F3N3O2. The van der Waals surface area contributed by atoms with Crippen LogP contribution in [0.15, 0.2) is 35.1 Å². The fourth-order valence-electron chi connectivity index (χ4n) is 3.63. The van der Waals surface area contributed by atoms with Gasteiger partial charge in [-0.1, -0.05) is 26.0 Å². The van der Waals surface area contributed by atoms with Crippen molar-refractivity contribution in [3.8, 4) is 0 Å². The van der Waals surface area contributed by atoms with Crippen LogP contribution in [0.1, 0.15) is 60.6 Å². The molecule has 0 bridgehead atoms. The standard InChI is InChI=1S/C21H24F3N3O2/c1-13(2)16(14-5-7-15(8-6-14)21(22,23)24)11-18(28)17-12-19(29)26-20(25-17)27-9-3-4-10-27/h5-8,12-13,16H,3-4,9-11H2,1-2H3,(H,25,26,29)/t16-/m1/s1. The summed E-state index contributed by atoms with van der Waals surface area (Å²) in [4.78, 5) is 33.8. The minimum Gasteiger partial charge on any atom is -0.342 e. The van der Waals surface area contributed by atoms with E-state index in [-0.39, 0.29) is 35.3 Å². The summed E-state index contributed by atoms with van der Waals surface area (Å²) in [5, 5.41) is 0. The number of carbonyl (C=O) groups excluding carboxylic acids is 1. The molecule has 0 amide bonds. The average Bonchev–Trinajstić information content (AvgIpc) is 3.19. The van der Waals surface area contributed by atoms with Gasteiger partial charge >= 0.3 is 6.18 Å². The Kier molecular flexibility index (Phi) is 6.10. The Morgan fingerprint density at radius 1 is 1.17 bits per heavy atom. The number of benzene rings is 1. The van der Waals surface area contributed by atoms with E-state index in [1.165, 1.54) is 18.2 Å². The van der Waals surface area contributed by atoms with Crippen LogP contribution >= 0.6 is 0 Å². The second-order valence-corrected chi connectivity index (χ2v) is 7.75. The average molecular weight is 407 g/mol. The zero-order valence-electron chi connectivity index (χ0n) is 16.4. The zero-order chi connectivity index (χ0) is 21.2. The molecule has 1 atom stereocenters. The fourth-order valence-corrected chi connectivity index (χ4v) is 3.63. The maximum Gasteiger partial charge on any atom is 0.416 e. The van der Waals surface area contributed by atoms with E-state index in [1.54, 1.807) is 0 Å². The van der Waals surface area contributed by atoms with E-state index >= 15 is 0 Å². The monoisotopic (exact) mass is 407 g/mol. The molecule has 0 radical (unpaired) electrons. The number of carbonyl (C=O) groups is 1. The van der Waals surface area contributed by atoms with Gasteiger partial charge < -0.3 is 4.90 Å². The summed E-state index contributed by atoms with van der Waals surface area (Å²) in [6, 6.07) is 6.09. The molecule has 2 heterocycles. The minimum atomic E-state index is -4.40. The third-order valence-electron chi connectivity index (χ3n) is 5.30. The van der Waals surface area contributed by atoms with Gasteiger partial charge in [-0.05, 0) is 42.4 Å². The maximum absolute atomic E-state index is 12.9. The highest BCUT2D eigenvalue weighted by atomic mass is 19.4. The van der Waals surface area contributed by atoms with E-state index in [1.807, 2.05) is 18.7 Å². The molecule has 1 aromatic heterocycles. The summed E-state index contributed by atoms with van der Waals surface area (Å²) < 4.78 is 38.4. The van der Waals surface area contributed by atoms with Crippen LogP contribution in [-0.2, 0) is 6.18 Å². The van der Waals surface area contributed by atoms with Gasteiger partial charge in [-0.15, -0.1) is 0 Å². The van der Waals surface area contributed by atoms with Gasteiger partial charge in [0.25, 0.3) is 5.56 Å². The molecule has 1 N–H and O–H groups in total. The number of H-pyrrole nitrogens is 1. The lowest BCUT2D eigenvalue weighted by Crippen LogP contribution is -2.25. The summed E-state index contributed by atoms with van der Waals surface area (Å²) in [7, 11) is 0. The van der Waals surface area contributed by atoms with E-state index in [4.69, 9.17) is 0 Å². The van der Waals surface area contributed by atoms with Crippen molar-refractivity contribution in [2.45, 2.75) is 45.2 Å². The van der Waals surface area contributed by atoms with Crippen LogP contribution in [0, 0.1) is 5.92 Å². The van der Waals surface area contributed by atoms with Gasteiger partial charge in [0.15, 0.2) is 5.78 Å². The van der Waals surface area contributed by atoms with Crippen molar-refractivity contribution >= 4 is 11.7 Å². The van der Waals surface area contributed by atoms with Crippen LogP contribution in [0.3, 0.4) is 0 Å². The predicted octanol–water partition coefficient (Wildman–Crippen LogP) is 4.40. The third kappa shape index (κ3) is 5.05. The second kappa shape index (κ2) is 8.39. The molecular weight excluding hydrogens is 383 g/mol. The first kappa shape index (κ1) is 21.1. The van der Waals surface area contributed by atoms with Crippen molar-refractivity contribution in [1.29, 1.82) is 0 Å². The van der Waals surface area contributed by atoms with Gasteiger partial charge in [0.2, 0.25) is 5.95 Å². The third-order valence-corrected chi connectivity index (χ3v) is 5.30. The van der Waals surface area contributed by atoms with Crippen molar-refractivity contribution in [2.75, 3.05) is 18.0 Å². The molecule has 2 aromatic rings. The van der Waals surface area contributed by atoms with E-state index < -0.39 is 11.7 Å². The number of alkyl halides is 3. The maximum atomic E-state index is 12.9. The highest BCUT2D eigenvalue weighted by Gasteiger charge is 2.31. The molecule has 0 unspecified atom stereocenters. The highest BCUT2D eigenvalue weighted by molar-refractivity contribution is 5.95. The molecule has 0 aliphatic carbocycles. The smallest absolute Gasteiger partial charge is 0.342 e. The fraction of sp³-hybridized carbons (Fsp3) is 0.476. The van der Waals surface area contributed by atoms with Crippen LogP contribution in [0.2, 0.25) is 0 Å². The van der Waals surface area contributed by atoms with Gasteiger partial charge in [-0.2, -0.15) is 13.2 Å². The van der Waals surface area contributed by atoms with Gasteiger partial charge in [-0.3, -0.25) is 14.6 Å². The van der Waals surface area contributed by atoms with Crippen molar-refractivity contribution < 1.29 is 18.0 Å². The lowest BCUT2D eigenvalue weighted by molar-refractivity contribution is -0.137. The predicted molar refractivity (Wildman–Crippen MR) is 104 cm³/mol. The first-order valence-electron chi connectivity index (χ1n) is 9.72. The number of ketones is 1. The summed E-state index contributed by atoms with van der Waals surface area (Å²) in [6.45, 7) is 5.38. The molecule has 1 aliphatic heterocycles. The number of aromatic nitrogens is 2. The molecule has 0 saturated carbocycles. The van der Waals surface area contributed by atoms with Crippen LogP contribution < -0.4 is 10.5 Å². The molecule has 1 saturated heterocycles. The Morgan fingerprint density at radius 3 is 2.34 bits per heavy atom. The minimum absolute atomic E-state index is 0.0238. The van der Waals surface area contributed by atoms with E-state index in [2.05, 4.69) is 9.97 Å². The number of nitrogens with zero attached hydrogens (tertiary/aromatic N) is 2. The van der Waals surface area contributed by atoms with Crippen molar-refractivity contribution in [2.24, 2.45) is 5.92 Å².